The summed E-state index contributed by atoms with van der Waals surface area (Å²) in [6, 6.07) is 9.28. The molecule has 1 aliphatic rings. The number of thioether (sulfide) groups is 1. The standard InChI is InChI=1S/C21H24N6O2S3/c1-2-27-17-9-8-15(32(28,29)26-10-4-3-5-11-26)13-16(17)22-19(27)14-31-21-23-20(24-25-21)18-7-6-12-30-18/h6-9,12-13H,2-5,10-11,14H2,1H3,(H,23,24,25). The van der Waals surface area contributed by atoms with Crippen LogP contribution in [-0.2, 0) is 22.3 Å². The van der Waals surface area contributed by atoms with Crippen molar-refractivity contribution in [2.45, 2.75) is 48.5 Å². The molecule has 1 aliphatic heterocycles. The second-order valence-electron chi connectivity index (χ2n) is 7.62. The molecule has 1 saturated heterocycles. The molecule has 0 bridgehead atoms. The van der Waals surface area contributed by atoms with E-state index in [1.165, 1.54) is 11.8 Å². The Balaban J connectivity index is 1.39. The highest BCUT2D eigenvalue weighted by Gasteiger charge is 2.26. The van der Waals surface area contributed by atoms with Crippen LogP contribution in [0.5, 0.6) is 0 Å². The first-order valence-electron chi connectivity index (χ1n) is 10.6. The maximum Gasteiger partial charge on any atom is 0.243 e. The molecule has 0 amide bonds. The van der Waals surface area contributed by atoms with E-state index in [0.717, 1.165) is 47.8 Å². The maximum atomic E-state index is 13.1. The SMILES string of the molecule is CCn1c(CSc2n[nH]c(-c3cccs3)n2)nc2cc(S(=O)(=O)N3CCCCC3)ccc21. The summed E-state index contributed by atoms with van der Waals surface area (Å²) in [5.41, 5.74) is 1.64. The van der Waals surface area contributed by atoms with Gasteiger partial charge in [0.1, 0.15) is 5.82 Å². The number of sulfonamides is 1. The fourth-order valence-corrected chi connectivity index (χ4v) is 6.95. The zero-order valence-electron chi connectivity index (χ0n) is 17.7. The number of piperidine rings is 1. The van der Waals surface area contributed by atoms with Crippen LogP contribution in [0.1, 0.15) is 32.0 Å². The van der Waals surface area contributed by atoms with Gasteiger partial charge in [-0.25, -0.2) is 18.4 Å². The first-order valence-corrected chi connectivity index (χ1v) is 13.9. The number of nitrogens with one attached hydrogen (secondary N) is 1. The highest BCUT2D eigenvalue weighted by molar-refractivity contribution is 7.98. The van der Waals surface area contributed by atoms with Crippen molar-refractivity contribution in [3.63, 3.8) is 0 Å². The van der Waals surface area contributed by atoms with Crippen LogP contribution in [0.3, 0.4) is 0 Å². The van der Waals surface area contributed by atoms with Crippen molar-refractivity contribution < 1.29 is 8.42 Å². The predicted octanol–water partition coefficient (Wildman–Crippen LogP) is 4.37. The van der Waals surface area contributed by atoms with E-state index in [1.807, 2.05) is 23.6 Å². The zero-order valence-corrected chi connectivity index (χ0v) is 20.1. The zero-order chi connectivity index (χ0) is 22.1. The van der Waals surface area contributed by atoms with Gasteiger partial charge in [0.05, 0.1) is 26.6 Å². The second-order valence-corrected chi connectivity index (χ2v) is 11.4. The third-order valence-corrected chi connectivity index (χ3v) is 9.23. The monoisotopic (exact) mass is 488 g/mol. The number of aromatic nitrogens is 5. The summed E-state index contributed by atoms with van der Waals surface area (Å²) in [6.07, 6.45) is 2.93. The first kappa shape index (κ1) is 21.6. The van der Waals surface area contributed by atoms with Gasteiger partial charge in [0.2, 0.25) is 15.2 Å². The number of hydrogen-bond donors (Lipinski definition) is 1. The Morgan fingerprint density at radius 2 is 2.00 bits per heavy atom. The van der Waals surface area contributed by atoms with Crippen molar-refractivity contribution in [2.24, 2.45) is 0 Å². The van der Waals surface area contributed by atoms with E-state index in [4.69, 9.17) is 4.98 Å². The number of benzene rings is 1. The molecule has 0 unspecified atom stereocenters. The molecule has 8 nitrogen and oxygen atoms in total. The van der Waals surface area contributed by atoms with E-state index in [0.29, 0.717) is 34.4 Å². The summed E-state index contributed by atoms with van der Waals surface area (Å²) in [5, 5.41) is 9.96. The van der Waals surface area contributed by atoms with E-state index in [-0.39, 0.29) is 0 Å². The molecule has 1 N–H and O–H groups in total. The van der Waals surface area contributed by atoms with Crippen molar-refractivity contribution in [2.75, 3.05) is 13.1 Å². The second kappa shape index (κ2) is 8.97. The van der Waals surface area contributed by atoms with Crippen molar-refractivity contribution >= 4 is 44.2 Å². The van der Waals surface area contributed by atoms with Gasteiger partial charge >= 0.3 is 0 Å². The minimum atomic E-state index is -3.48. The molecule has 4 heterocycles. The van der Waals surface area contributed by atoms with Gasteiger partial charge in [-0.2, -0.15) is 4.31 Å². The Labute approximate surface area is 195 Å². The minimum absolute atomic E-state index is 0.321. The topological polar surface area (TPSA) is 96.8 Å². The van der Waals surface area contributed by atoms with Crippen LogP contribution in [0, 0.1) is 0 Å². The number of H-pyrrole nitrogens is 1. The molecule has 1 fully saturated rings. The number of aryl methyl sites for hydroxylation is 1. The van der Waals surface area contributed by atoms with Crippen molar-refractivity contribution in [3.8, 4) is 10.7 Å². The van der Waals surface area contributed by atoms with E-state index < -0.39 is 10.0 Å². The van der Waals surface area contributed by atoms with Crippen molar-refractivity contribution in [1.82, 2.24) is 29.0 Å². The normalized spacial score (nSPS) is 15.5. The number of nitrogens with zero attached hydrogens (tertiary/aromatic N) is 5. The third-order valence-electron chi connectivity index (χ3n) is 5.62. The van der Waals surface area contributed by atoms with E-state index >= 15 is 0 Å². The van der Waals surface area contributed by atoms with Gasteiger partial charge in [0, 0.05) is 19.6 Å². The average Bonchev–Trinajstić information content (AvgIpc) is 3.57. The largest absolute Gasteiger partial charge is 0.328 e. The Morgan fingerprint density at radius 3 is 2.75 bits per heavy atom. The summed E-state index contributed by atoms with van der Waals surface area (Å²) >= 11 is 3.12. The van der Waals surface area contributed by atoms with Gasteiger partial charge in [-0.1, -0.05) is 24.2 Å². The van der Waals surface area contributed by atoms with E-state index in [1.54, 1.807) is 27.8 Å². The van der Waals surface area contributed by atoms with Crippen LogP contribution in [-0.4, -0.2) is 50.5 Å². The summed E-state index contributed by atoms with van der Waals surface area (Å²) in [4.78, 5) is 10.7. The van der Waals surface area contributed by atoms with Gasteiger partial charge in [-0.15, -0.1) is 16.4 Å². The molecular weight excluding hydrogens is 464 g/mol. The molecular formula is C21H24N6O2S3. The van der Waals surface area contributed by atoms with Crippen LogP contribution in [0.2, 0.25) is 0 Å². The van der Waals surface area contributed by atoms with Gasteiger partial charge in [-0.3, -0.25) is 5.10 Å². The van der Waals surface area contributed by atoms with Crippen LogP contribution < -0.4 is 0 Å². The molecule has 168 valence electrons. The molecule has 1 aromatic carbocycles. The highest BCUT2D eigenvalue weighted by atomic mass is 32.2. The Kier molecular flexibility index (Phi) is 6.06. The molecule has 0 saturated carbocycles. The molecule has 0 atom stereocenters. The van der Waals surface area contributed by atoms with Crippen LogP contribution >= 0.6 is 23.1 Å². The quantitative estimate of drug-likeness (QED) is 0.388. The number of fused-ring (bicyclic) bond motifs is 1. The minimum Gasteiger partial charge on any atom is -0.328 e. The van der Waals surface area contributed by atoms with Crippen molar-refractivity contribution in [3.05, 3.63) is 41.5 Å². The molecule has 4 aromatic rings. The Morgan fingerprint density at radius 1 is 1.16 bits per heavy atom. The summed E-state index contributed by atoms with van der Waals surface area (Å²) in [6.45, 7) is 4.00. The maximum absolute atomic E-state index is 13.1. The van der Waals surface area contributed by atoms with E-state index in [2.05, 4.69) is 26.7 Å². The number of hydrogen-bond acceptors (Lipinski definition) is 7. The molecule has 5 rings (SSSR count). The number of rotatable bonds is 7. The first-order chi connectivity index (χ1) is 15.6. The predicted molar refractivity (Wildman–Crippen MR) is 127 cm³/mol. The molecule has 32 heavy (non-hydrogen) atoms. The fourth-order valence-electron chi connectivity index (χ4n) is 4.00. The Hall–Kier alpha value is -2.21. The Bertz CT molecular complexity index is 1320. The van der Waals surface area contributed by atoms with Crippen LogP contribution in [0.15, 0.2) is 45.8 Å². The molecule has 0 aliphatic carbocycles. The number of imidazole rings is 1. The summed E-state index contributed by atoms with van der Waals surface area (Å²) in [7, 11) is -3.48. The van der Waals surface area contributed by atoms with Gasteiger partial charge in [0.25, 0.3) is 0 Å². The lowest BCUT2D eigenvalue weighted by molar-refractivity contribution is 0.346. The lowest BCUT2D eigenvalue weighted by atomic mass is 10.2. The molecule has 0 radical (unpaired) electrons. The molecule has 11 heteroatoms. The van der Waals surface area contributed by atoms with E-state index in [9.17, 15) is 8.42 Å². The van der Waals surface area contributed by atoms with Crippen LogP contribution in [0.4, 0.5) is 0 Å². The van der Waals surface area contributed by atoms with Gasteiger partial charge in [0.15, 0.2) is 5.82 Å². The summed E-state index contributed by atoms with van der Waals surface area (Å²) < 4.78 is 29.9. The third kappa shape index (κ3) is 4.09. The number of aromatic amines is 1. The fraction of sp³-hybridized carbons (Fsp3) is 0.381. The molecule has 0 spiro atoms. The van der Waals surface area contributed by atoms with Crippen molar-refractivity contribution in [1.29, 1.82) is 0 Å². The average molecular weight is 489 g/mol. The number of thiophene rings is 1. The highest BCUT2D eigenvalue weighted by Crippen LogP contribution is 2.28. The summed E-state index contributed by atoms with van der Waals surface area (Å²) in [5.74, 6) is 2.24. The van der Waals surface area contributed by atoms with Crippen LogP contribution in [0.25, 0.3) is 21.7 Å². The lowest BCUT2D eigenvalue weighted by Gasteiger charge is -2.25. The smallest absolute Gasteiger partial charge is 0.243 e. The van der Waals surface area contributed by atoms with Gasteiger partial charge in [-0.05, 0) is 49.4 Å². The lowest BCUT2D eigenvalue weighted by Crippen LogP contribution is -2.35. The van der Waals surface area contributed by atoms with Gasteiger partial charge < -0.3 is 4.57 Å². The molecule has 3 aromatic heterocycles.